The van der Waals surface area contributed by atoms with Crippen molar-refractivity contribution >= 4 is 23.9 Å². The van der Waals surface area contributed by atoms with Gasteiger partial charge in [0.25, 0.3) is 0 Å². The molecule has 0 saturated heterocycles. The predicted molar refractivity (Wildman–Crippen MR) is 129 cm³/mol. The quantitative estimate of drug-likeness (QED) is 0.416. The lowest BCUT2D eigenvalue weighted by Crippen LogP contribution is -2.39. The van der Waals surface area contributed by atoms with Crippen LogP contribution in [0.2, 0.25) is 0 Å². The van der Waals surface area contributed by atoms with Gasteiger partial charge in [0.05, 0.1) is 18.3 Å². The summed E-state index contributed by atoms with van der Waals surface area (Å²) in [5.41, 5.74) is 4.46. The monoisotopic (exact) mass is 445 g/mol. The van der Waals surface area contributed by atoms with E-state index in [1.54, 1.807) is 12.2 Å². The summed E-state index contributed by atoms with van der Waals surface area (Å²) in [6.45, 7) is 8.94. The van der Waals surface area contributed by atoms with Gasteiger partial charge in [-0.2, -0.15) is 4.99 Å². The van der Waals surface area contributed by atoms with Crippen molar-refractivity contribution in [2.75, 3.05) is 6.54 Å². The van der Waals surface area contributed by atoms with Crippen LogP contribution in [0.3, 0.4) is 0 Å². The number of benzene rings is 2. The van der Waals surface area contributed by atoms with Gasteiger partial charge in [-0.3, -0.25) is 0 Å². The Morgan fingerprint density at radius 1 is 0.848 bits per heavy atom. The van der Waals surface area contributed by atoms with Crippen molar-refractivity contribution in [2.24, 2.45) is 25.8 Å². The highest BCUT2D eigenvalue weighted by Crippen LogP contribution is 2.47. The Balaban J connectivity index is 0.000000234. The topological polar surface area (TPSA) is 88.3 Å². The third-order valence-corrected chi connectivity index (χ3v) is 5.82. The maximum atomic E-state index is 10.3. The Kier molecular flexibility index (Phi) is 9.39. The summed E-state index contributed by atoms with van der Waals surface area (Å²) in [6, 6.07) is 16.1. The zero-order valence-corrected chi connectivity index (χ0v) is 19.8. The van der Waals surface area contributed by atoms with Crippen LogP contribution >= 0.6 is 0 Å². The fourth-order valence-electron chi connectivity index (χ4n) is 4.77. The van der Waals surface area contributed by atoms with Crippen LogP contribution in [0.4, 0.5) is 5.69 Å². The normalized spacial score (nSPS) is 20.7. The van der Waals surface area contributed by atoms with Gasteiger partial charge in [0.1, 0.15) is 0 Å². The van der Waals surface area contributed by atoms with Crippen molar-refractivity contribution in [2.45, 2.75) is 59.4 Å². The maximum Gasteiger partial charge on any atom is 0.240 e. The van der Waals surface area contributed by atoms with E-state index in [2.05, 4.69) is 66.9 Å². The van der Waals surface area contributed by atoms with E-state index >= 15 is 0 Å². The molecular formula is C27H31N3O3. The lowest BCUT2D eigenvalue weighted by atomic mass is 9.63. The minimum Gasteiger partial charge on any atom is -0.211 e. The zero-order valence-electron chi connectivity index (χ0n) is 19.8. The molecule has 0 amide bonds. The highest BCUT2D eigenvalue weighted by atomic mass is 16.1. The van der Waals surface area contributed by atoms with Crippen LogP contribution in [0.1, 0.15) is 56.7 Å². The smallest absolute Gasteiger partial charge is 0.211 e. The van der Waals surface area contributed by atoms with E-state index in [9.17, 15) is 14.4 Å². The summed E-state index contributed by atoms with van der Waals surface area (Å²) in [5.74, 6) is 0. The van der Waals surface area contributed by atoms with Crippen molar-refractivity contribution in [3.8, 4) is 0 Å². The van der Waals surface area contributed by atoms with Gasteiger partial charge in [-0.1, -0.05) is 62.7 Å². The molecule has 0 aliphatic heterocycles. The van der Waals surface area contributed by atoms with Gasteiger partial charge >= 0.3 is 0 Å². The summed E-state index contributed by atoms with van der Waals surface area (Å²) in [7, 11) is 0. The number of nitrogens with zero attached hydrogens (tertiary/aromatic N) is 3. The SMILES string of the molecule is CC1(C)CC(N=C=O)CC(C)(CN=C=O)C1.Cc1ccc(Cc2ccc(N=C=O)cc2)cc1. The van der Waals surface area contributed by atoms with Crippen molar-refractivity contribution in [3.05, 3.63) is 65.2 Å². The molecule has 6 heteroatoms. The Morgan fingerprint density at radius 2 is 1.45 bits per heavy atom. The van der Waals surface area contributed by atoms with Crippen LogP contribution in [0.5, 0.6) is 0 Å². The van der Waals surface area contributed by atoms with Gasteiger partial charge in [0, 0.05) is 0 Å². The van der Waals surface area contributed by atoms with Crippen LogP contribution in [0.25, 0.3) is 0 Å². The lowest BCUT2D eigenvalue weighted by Gasteiger charge is -2.44. The van der Waals surface area contributed by atoms with Crippen LogP contribution in [0, 0.1) is 17.8 Å². The minimum absolute atomic E-state index is 0.00750. The molecule has 2 atom stereocenters. The predicted octanol–water partition coefficient (Wildman–Crippen LogP) is 5.80. The first-order valence-corrected chi connectivity index (χ1v) is 11.0. The number of rotatable bonds is 6. The van der Waals surface area contributed by atoms with E-state index in [1.165, 1.54) is 22.8 Å². The number of aryl methyl sites for hydroxylation is 1. The third kappa shape index (κ3) is 8.92. The van der Waals surface area contributed by atoms with Crippen molar-refractivity contribution in [1.82, 2.24) is 0 Å². The van der Waals surface area contributed by atoms with Crippen LogP contribution in [0.15, 0.2) is 63.5 Å². The minimum atomic E-state index is -0.0653. The molecule has 1 saturated carbocycles. The highest BCUT2D eigenvalue weighted by molar-refractivity contribution is 5.49. The second-order valence-corrected chi connectivity index (χ2v) is 9.87. The molecule has 2 aromatic rings. The summed E-state index contributed by atoms with van der Waals surface area (Å²) in [4.78, 5) is 41.7. The number of carbonyl (C=O) groups excluding carboxylic acids is 3. The molecule has 0 N–H and O–H groups in total. The number of isocyanates is 3. The summed E-state index contributed by atoms with van der Waals surface area (Å²) in [6.07, 6.45) is 8.31. The van der Waals surface area contributed by atoms with E-state index in [4.69, 9.17) is 0 Å². The molecule has 0 bridgehead atoms. The van der Waals surface area contributed by atoms with Crippen LogP contribution in [-0.4, -0.2) is 30.8 Å². The van der Waals surface area contributed by atoms with E-state index < -0.39 is 0 Å². The van der Waals surface area contributed by atoms with Gasteiger partial charge < -0.3 is 0 Å². The number of hydrogen-bond acceptors (Lipinski definition) is 6. The molecule has 6 nitrogen and oxygen atoms in total. The second kappa shape index (κ2) is 12.0. The van der Waals surface area contributed by atoms with Crippen molar-refractivity contribution < 1.29 is 14.4 Å². The van der Waals surface area contributed by atoms with Gasteiger partial charge in [0.2, 0.25) is 18.2 Å². The summed E-state index contributed by atoms with van der Waals surface area (Å²) in [5, 5.41) is 0. The second-order valence-electron chi connectivity index (χ2n) is 9.87. The molecular weight excluding hydrogens is 414 g/mol. The summed E-state index contributed by atoms with van der Waals surface area (Å²) < 4.78 is 0. The molecule has 172 valence electrons. The third-order valence-electron chi connectivity index (χ3n) is 5.82. The van der Waals surface area contributed by atoms with Gasteiger partial charge in [-0.15, -0.1) is 0 Å². The Morgan fingerprint density at radius 3 is 2.00 bits per heavy atom. The molecule has 0 heterocycles. The van der Waals surface area contributed by atoms with Gasteiger partial charge in [0.15, 0.2) is 0 Å². The fourth-order valence-corrected chi connectivity index (χ4v) is 4.77. The van der Waals surface area contributed by atoms with Gasteiger partial charge in [-0.25, -0.2) is 24.4 Å². The number of aliphatic imine (C=N–C) groups is 3. The Labute approximate surface area is 195 Å². The maximum absolute atomic E-state index is 10.3. The Bertz CT molecular complexity index is 1060. The molecule has 3 rings (SSSR count). The molecule has 0 radical (unpaired) electrons. The van der Waals surface area contributed by atoms with E-state index in [0.717, 1.165) is 25.7 Å². The molecule has 1 fully saturated rings. The first-order chi connectivity index (χ1) is 15.7. The van der Waals surface area contributed by atoms with E-state index in [-0.39, 0.29) is 16.9 Å². The largest absolute Gasteiger partial charge is 0.240 e. The fraction of sp³-hybridized carbons (Fsp3) is 0.444. The standard InChI is InChI=1S/C15H13NO.C12H18N2O2/c1-12-2-4-13(5-3-12)10-14-6-8-15(9-7-14)16-11-17;1-11(2)4-10(14-9-16)5-12(3,6-11)7-13-8-15/h2-9H,10H2,1H3;10H,4-7H2,1-3H3. The molecule has 2 unspecified atom stereocenters. The Hall–Kier alpha value is -3.42. The molecule has 1 aliphatic carbocycles. The van der Waals surface area contributed by atoms with E-state index in [0.29, 0.717) is 12.2 Å². The van der Waals surface area contributed by atoms with E-state index in [1.807, 2.05) is 24.3 Å². The molecule has 33 heavy (non-hydrogen) atoms. The average molecular weight is 446 g/mol. The van der Waals surface area contributed by atoms with Gasteiger partial charge in [-0.05, 0) is 66.7 Å². The molecule has 1 aliphatic rings. The van der Waals surface area contributed by atoms with Crippen molar-refractivity contribution in [1.29, 1.82) is 0 Å². The number of hydrogen-bond donors (Lipinski definition) is 0. The van der Waals surface area contributed by atoms with Crippen LogP contribution < -0.4 is 0 Å². The molecule has 0 aromatic heterocycles. The average Bonchev–Trinajstić information content (AvgIpc) is 2.75. The zero-order chi connectivity index (χ0) is 24.3. The summed E-state index contributed by atoms with van der Waals surface area (Å²) >= 11 is 0. The van der Waals surface area contributed by atoms with Crippen LogP contribution in [-0.2, 0) is 20.8 Å². The molecule has 0 spiro atoms. The highest BCUT2D eigenvalue weighted by Gasteiger charge is 2.41. The lowest BCUT2D eigenvalue weighted by molar-refractivity contribution is 0.0915. The first-order valence-electron chi connectivity index (χ1n) is 11.0. The first kappa shape index (κ1) is 25.8. The van der Waals surface area contributed by atoms with Crippen molar-refractivity contribution in [3.63, 3.8) is 0 Å². The molecule has 2 aromatic carbocycles.